The molecule has 100 valence electrons. The number of nitrogens with zero attached hydrogens (tertiary/aromatic N) is 1. The fraction of sp³-hybridized carbons (Fsp3) is 0.556. The lowest BCUT2D eigenvalue weighted by Gasteiger charge is -2.18. The Kier molecular flexibility index (Phi) is 3.88. The summed E-state index contributed by atoms with van der Waals surface area (Å²) in [5, 5.41) is 18.6. The van der Waals surface area contributed by atoms with Crippen molar-refractivity contribution in [1.29, 1.82) is 0 Å². The number of aromatic nitrogens is 2. The highest BCUT2D eigenvalue weighted by Gasteiger charge is 2.46. The van der Waals surface area contributed by atoms with Gasteiger partial charge in [0, 0.05) is 12.3 Å². The zero-order chi connectivity index (χ0) is 13.3. The van der Waals surface area contributed by atoms with Crippen molar-refractivity contribution in [1.82, 2.24) is 9.55 Å². The molecule has 1 fully saturated rings. The third kappa shape index (κ3) is 2.22. The van der Waals surface area contributed by atoms with E-state index in [0.717, 1.165) is 0 Å². The van der Waals surface area contributed by atoms with Crippen LogP contribution in [-0.4, -0.2) is 44.7 Å². The monoisotopic (exact) mass is 278 g/mol. The van der Waals surface area contributed by atoms with Crippen molar-refractivity contribution >= 4 is 12.2 Å². The summed E-state index contributed by atoms with van der Waals surface area (Å²) in [6, 6.07) is 1.17. The maximum atomic E-state index is 12.5. The van der Waals surface area contributed by atoms with Crippen LogP contribution in [-0.2, 0) is 9.68 Å². The van der Waals surface area contributed by atoms with Crippen molar-refractivity contribution in [2.24, 2.45) is 0 Å². The molecule has 1 aromatic rings. The van der Waals surface area contributed by atoms with Gasteiger partial charge in [0.2, 0.25) is 0 Å². The van der Waals surface area contributed by atoms with Crippen LogP contribution in [0.15, 0.2) is 17.1 Å². The summed E-state index contributed by atoms with van der Waals surface area (Å²) in [7, 11) is 0. The first kappa shape index (κ1) is 13.3. The molecule has 1 aromatic heterocycles. The molecule has 1 aliphatic heterocycles. The average molecular weight is 278 g/mol. The van der Waals surface area contributed by atoms with E-state index in [9.17, 15) is 14.4 Å². The molecule has 0 aromatic carbocycles. The normalized spacial score (nSPS) is 31.7. The van der Waals surface area contributed by atoms with Gasteiger partial charge in [-0.1, -0.05) is 0 Å². The molecule has 0 spiro atoms. The molecular formula is C9H11FN2O5S. The Morgan fingerprint density at radius 1 is 1.67 bits per heavy atom. The molecule has 0 unspecified atom stereocenters. The lowest BCUT2D eigenvalue weighted by molar-refractivity contribution is -0.221. The summed E-state index contributed by atoms with van der Waals surface area (Å²) in [5.41, 5.74) is -0.411. The van der Waals surface area contributed by atoms with E-state index in [2.05, 4.69) is 9.93 Å². The molecule has 2 heterocycles. The summed E-state index contributed by atoms with van der Waals surface area (Å²) < 4.78 is 18.9. The highest BCUT2D eigenvalue weighted by atomic mass is 32.1. The predicted molar refractivity (Wildman–Crippen MR) is 58.9 cm³/mol. The summed E-state index contributed by atoms with van der Waals surface area (Å²) in [6.07, 6.45) is -3.42. The molecule has 3 N–H and O–H groups in total. The molecule has 18 heavy (non-hydrogen) atoms. The van der Waals surface area contributed by atoms with Crippen LogP contribution in [0.1, 0.15) is 6.23 Å². The number of hydrogen-bond acceptors (Lipinski definition) is 6. The number of aromatic amines is 1. The van der Waals surface area contributed by atoms with Crippen LogP contribution < -0.4 is 5.56 Å². The van der Waals surface area contributed by atoms with Gasteiger partial charge in [-0.25, -0.2) is 0 Å². The highest BCUT2D eigenvalue weighted by molar-refractivity contribution is 7.71. The van der Waals surface area contributed by atoms with Crippen molar-refractivity contribution in [2.45, 2.75) is 24.5 Å². The average Bonchev–Trinajstić information content (AvgIpc) is 2.65. The van der Waals surface area contributed by atoms with Gasteiger partial charge in [-0.05, 0) is 16.7 Å². The Hall–Kier alpha value is -1.13. The molecule has 0 bridgehead atoms. The Balaban J connectivity index is 2.38. The molecule has 2 rings (SSSR count). The third-order valence-electron chi connectivity index (χ3n) is 2.72. The number of aliphatic hydroxyl groups excluding tert-OH is 2. The Morgan fingerprint density at radius 2 is 2.39 bits per heavy atom. The minimum atomic E-state index is -1.33. The van der Waals surface area contributed by atoms with E-state index >= 15 is 0 Å². The van der Waals surface area contributed by atoms with Gasteiger partial charge in [-0.3, -0.25) is 14.3 Å². The van der Waals surface area contributed by atoms with E-state index < -0.39 is 36.7 Å². The standard InChI is InChI=1S/C9H11FN2O5S/c10-17-7-6(15)4(3-13)16-8(7)12-2-1-5(14)11-9(12)18/h1-2,4,6-8,13,15H,3H2,(H,11,14,18)/t4-,6+,7-,8-/m1/s1. The zero-order valence-electron chi connectivity index (χ0n) is 9.02. The van der Waals surface area contributed by atoms with Gasteiger partial charge in [-0.15, -0.1) is 0 Å². The van der Waals surface area contributed by atoms with Crippen LogP contribution in [0.5, 0.6) is 0 Å². The first-order valence-electron chi connectivity index (χ1n) is 5.11. The van der Waals surface area contributed by atoms with Gasteiger partial charge in [-0.2, -0.15) is 4.94 Å². The SMILES string of the molecule is O=c1ccn([C@@H]2O[C@H](CO)[C@H](O)[C@H]2OF)c(=S)[nH]1. The maximum Gasteiger partial charge on any atom is 0.251 e. The molecule has 0 amide bonds. The van der Waals surface area contributed by atoms with Gasteiger partial charge in [0.25, 0.3) is 5.56 Å². The van der Waals surface area contributed by atoms with E-state index in [-0.39, 0.29) is 4.77 Å². The van der Waals surface area contributed by atoms with Crippen LogP contribution in [0.2, 0.25) is 0 Å². The number of halogens is 1. The maximum absolute atomic E-state index is 12.5. The van der Waals surface area contributed by atoms with Gasteiger partial charge in [0.05, 0.1) is 6.61 Å². The first-order valence-corrected chi connectivity index (χ1v) is 5.52. The molecule has 0 aliphatic carbocycles. The van der Waals surface area contributed by atoms with E-state index in [0.29, 0.717) is 0 Å². The van der Waals surface area contributed by atoms with E-state index in [1.165, 1.54) is 16.8 Å². The molecular weight excluding hydrogens is 267 g/mol. The fourth-order valence-electron chi connectivity index (χ4n) is 1.82. The second-order valence-electron chi connectivity index (χ2n) is 3.81. The van der Waals surface area contributed by atoms with Gasteiger partial charge in [0.15, 0.2) is 17.1 Å². The smallest absolute Gasteiger partial charge is 0.251 e. The van der Waals surface area contributed by atoms with Gasteiger partial charge >= 0.3 is 0 Å². The minimum Gasteiger partial charge on any atom is -0.394 e. The fourth-order valence-corrected chi connectivity index (χ4v) is 2.08. The van der Waals surface area contributed by atoms with Crippen LogP contribution in [0.25, 0.3) is 0 Å². The number of rotatable bonds is 3. The van der Waals surface area contributed by atoms with E-state index in [1.54, 1.807) is 0 Å². The highest BCUT2D eigenvalue weighted by Crippen LogP contribution is 2.31. The molecule has 1 aliphatic rings. The number of nitrogens with one attached hydrogen (secondary N) is 1. The molecule has 1 saturated heterocycles. The summed E-state index contributed by atoms with van der Waals surface area (Å²) in [5.74, 6) is 0. The Bertz CT molecular complexity index is 532. The van der Waals surface area contributed by atoms with E-state index in [1.807, 2.05) is 0 Å². The summed E-state index contributed by atoms with van der Waals surface area (Å²) in [6.45, 7) is -0.492. The zero-order valence-corrected chi connectivity index (χ0v) is 9.84. The Labute approximate surface area is 105 Å². The minimum absolute atomic E-state index is 0.000315. The van der Waals surface area contributed by atoms with Gasteiger partial charge < -0.3 is 14.9 Å². The number of hydrogen-bond donors (Lipinski definition) is 3. The third-order valence-corrected chi connectivity index (χ3v) is 3.03. The van der Waals surface area contributed by atoms with Crippen molar-refractivity contribution in [3.63, 3.8) is 0 Å². The number of aliphatic hydroxyl groups is 2. The molecule has 0 saturated carbocycles. The van der Waals surface area contributed by atoms with Crippen molar-refractivity contribution in [3.8, 4) is 0 Å². The summed E-state index contributed by atoms with van der Waals surface area (Å²) >= 11 is 4.90. The lowest BCUT2D eigenvalue weighted by atomic mass is 10.1. The molecule has 4 atom stereocenters. The van der Waals surface area contributed by atoms with Crippen molar-refractivity contribution in [3.05, 3.63) is 27.4 Å². The van der Waals surface area contributed by atoms with Crippen LogP contribution in [0, 0.1) is 4.77 Å². The van der Waals surface area contributed by atoms with Crippen LogP contribution in [0.4, 0.5) is 4.53 Å². The number of H-pyrrole nitrogens is 1. The molecule has 0 radical (unpaired) electrons. The lowest BCUT2D eigenvalue weighted by Crippen LogP contribution is -2.34. The number of ether oxygens (including phenoxy) is 1. The summed E-state index contributed by atoms with van der Waals surface area (Å²) in [4.78, 5) is 17.0. The van der Waals surface area contributed by atoms with E-state index in [4.69, 9.17) is 22.1 Å². The topological polar surface area (TPSA) is 96.7 Å². The molecule has 7 nitrogen and oxygen atoms in total. The quantitative estimate of drug-likeness (QED) is 0.641. The first-order chi connectivity index (χ1) is 8.58. The van der Waals surface area contributed by atoms with Crippen molar-refractivity contribution in [2.75, 3.05) is 6.61 Å². The Morgan fingerprint density at radius 3 is 2.94 bits per heavy atom. The predicted octanol–water partition coefficient (Wildman–Crippen LogP) is -0.574. The van der Waals surface area contributed by atoms with Crippen molar-refractivity contribution < 1.29 is 24.4 Å². The van der Waals surface area contributed by atoms with Crippen LogP contribution >= 0.6 is 12.2 Å². The van der Waals surface area contributed by atoms with Crippen LogP contribution in [0.3, 0.4) is 0 Å². The molecule has 9 heteroatoms. The largest absolute Gasteiger partial charge is 0.394 e. The second kappa shape index (κ2) is 5.24. The van der Waals surface area contributed by atoms with Gasteiger partial charge in [0.1, 0.15) is 12.2 Å². The second-order valence-corrected chi connectivity index (χ2v) is 4.20.